The number of hydrogen-bond donors (Lipinski definition) is 2. The maximum Gasteiger partial charge on any atom is 0.0359 e. The Morgan fingerprint density at radius 2 is 1.84 bits per heavy atom. The fraction of sp³-hybridized carbons (Fsp3) is 0.647. The molecule has 2 rings (SSSR count). The third-order valence-electron chi connectivity index (χ3n) is 4.49. The fourth-order valence-corrected chi connectivity index (χ4v) is 3.35. The molecular weight excluding hydrogens is 232 g/mol. The SMILES string of the molecule is CC(C)(C)C1CCCCC1NCc1ccccc1N. The van der Waals surface area contributed by atoms with Crippen LogP contribution in [0.25, 0.3) is 0 Å². The van der Waals surface area contributed by atoms with E-state index < -0.39 is 0 Å². The molecule has 2 heteroatoms. The van der Waals surface area contributed by atoms with Gasteiger partial charge in [-0.1, -0.05) is 51.8 Å². The second-order valence-corrected chi connectivity index (χ2v) is 6.94. The number of nitrogen functional groups attached to an aromatic ring is 1. The minimum atomic E-state index is 0.389. The van der Waals surface area contributed by atoms with Crippen molar-refractivity contribution in [2.45, 2.75) is 59.0 Å². The molecule has 2 atom stereocenters. The zero-order valence-electron chi connectivity index (χ0n) is 12.6. The molecule has 0 heterocycles. The highest BCUT2D eigenvalue weighted by Crippen LogP contribution is 2.38. The van der Waals surface area contributed by atoms with Gasteiger partial charge in [0, 0.05) is 18.3 Å². The van der Waals surface area contributed by atoms with Crippen molar-refractivity contribution in [2.75, 3.05) is 5.73 Å². The maximum atomic E-state index is 6.02. The Bertz CT molecular complexity index is 406. The van der Waals surface area contributed by atoms with Gasteiger partial charge in [0.1, 0.15) is 0 Å². The van der Waals surface area contributed by atoms with E-state index in [2.05, 4.69) is 38.2 Å². The number of anilines is 1. The van der Waals surface area contributed by atoms with Gasteiger partial charge in [0.2, 0.25) is 0 Å². The van der Waals surface area contributed by atoms with Crippen LogP contribution in [0.2, 0.25) is 0 Å². The highest BCUT2D eigenvalue weighted by Gasteiger charge is 2.33. The van der Waals surface area contributed by atoms with Crippen molar-refractivity contribution in [3.05, 3.63) is 29.8 Å². The van der Waals surface area contributed by atoms with Gasteiger partial charge in [-0.05, 0) is 35.8 Å². The van der Waals surface area contributed by atoms with Crippen LogP contribution in [0.1, 0.15) is 52.0 Å². The summed E-state index contributed by atoms with van der Waals surface area (Å²) >= 11 is 0. The van der Waals surface area contributed by atoms with Crippen molar-refractivity contribution in [2.24, 2.45) is 11.3 Å². The van der Waals surface area contributed by atoms with Crippen LogP contribution in [0, 0.1) is 11.3 Å². The molecular formula is C17H28N2. The number of nitrogens with two attached hydrogens (primary N) is 1. The van der Waals surface area contributed by atoms with Gasteiger partial charge in [0.05, 0.1) is 0 Å². The minimum Gasteiger partial charge on any atom is -0.398 e. The van der Waals surface area contributed by atoms with Crippen LogP contribution < -0.4 is 11.1 Å². The molecule has 0 aromatic heterocycles. The van der Waals surface area contributed by atoms with Crippen LogP contribution in [-0.2, 0) is 6.54 Å². The van der Waals surface area contributed by atoms with Gasteiger partial charge in [0.25, 0.3) is 0 Å². The molecule has 1 aromatic carbocycles. The third-order valence-corrected chi connectivity index (χ3v) is 4.49. The van der Waals surface area contributed by atoms with Crippen molar-refractivity contribution < 1.29 is 0 Å². The third kappa shape index (κ3) is 3.73. The Balaban J connectivity index is 1.99. The van der Waals surface area contributed by atoms with Crippen molar-refractivity contribution in [3.8, 4) is 0 Å². The summed E-state index contributed by atoms with van der Waals surface area (Å²) in [4.78, 5) is 0. The fourth-order valence-electron chi connectivity index (χ4n) is 3.35. The molecule has 3 N–H and O–H groups in total. The first-order chi connectivity index (χ1) is 8.98. The summed E-state index contributed by atoms with van der Waals surface area (Å²) < 4.78 is 0. The van der Waals surface area contributed by atoms with Gasteiger partial charge >= 0.3 is 0 Å². The van der Waals surface area contributed by atoms with Crippen molar-refractivity contribution >= 4 is 5.69 Å². The molecule has 0 bridgehead atoms. The topological polar surface area (TPSA) is 38.0 Å². The Kier molecular flexibility index (Phi) is 4.51. The van der Waals surface area contributed by atoms with E-state index in [-0.39, 0.29) is 0 Å². The van der Waals surface area contributed by atoms with Gasteiger partial charge in [-0.25, -0.2) is 0 Å². The monoisotopic (exact) mass is 260 g/mol. The van der Waals surface area contributed by atoms with E-state index in [1.807, 2.05) is 12.1 Å². The van der Waals surface area contributed by atoms with Crippen LogP contribution in [0.5, 0.6) is 0 Å². The highest BCUT2D eigenvalue weighted by molar-refractivity contribution is 5.46. The molecule has 1 aromatic rings. The number of hydrogen-bond acceptors (Lipinski definition) is 2. The Morgan fingerprint density at radius 1 is 1.16 bits per heavy atom. The van der Waals surface area contributed by atoms with E-state index in [0.717, 1.165) is 18.2 Å². The van der Waals surface area contributed by atoms with Crippen molar-refractivity contribution in [1.82, 2.24) is 5.32 Å². The molecule has 0 saturated heterocycles. The second kappa shape index (κ2) is 5.96. The molecule has 1 aliphatic carbocycles. The average Bonchev–Trinajstić information content (AvgIpc) is 2.37. The second-order valence-electron chi connectivity index (χ2n) is 6.94. The largest absolute Gasteiger partial charge is 0.398 e. The first kappa shape index (κ1) is 14.4. The van der Waals surface area contributed by atoms with E-state index in [1.165, 1.54) is 31.2 Å². The zero-order chi connectivity index (χ0) is 13.9. The quantitative estimate of drug-likeness (QED) is 0.807. The van der Waals surface area contributed by atoms with Gasteiger partial charge < -0.3 is 11.1 Å². The van der Waals surface area contributed by atoms with E-state index in [0.29, 0.717) is 11.5 Å². The minimum absolute atomic E-state index is 0.389. The smallest absolute Gasteiger partial charge is 0.0359 e. The van der Waals surface area contributed by atoms with Crippen LogP contribution in [0.15, 0.2) is 24.3 Å². The van der Waals surface area contributed by atoms with Crippen molar-refractivity contribution in [1.29, 1.82) is 0 Å². The first-order valence-electron chi connectivity index (χ1n) is 7.55. The summed E-state index contributed by atoms with van der Waals surface area (Å²) in [5, 5.41) is 3.76. The lowest BCUT2D eigenvalue weighted by atomic mass is 9.69. The molecule has 106 valence electrons. The van der Waals surface area contributed by atoms with E-state index in [1.54, 1.807) is 0 Å². The molecule has 2 nitrogen and oxygen atoms in total. The molecule has 1 saturated carbocycles. The summed E-state index contributed by atoms with van der Waals surface area (Å²) in [5.74, 6) is 0.770. The first-order valence-corrected chi connectivity index (χ1v) is 7.55. The van der Waals surface area contributed by atoms with Crippen LogP contribution >= 0.6 is 0 Å². The number of para-hydroxylation sites is 1. The van der Waals surface area contributed by atoms with E-state index >= 15 is 0 Å². The van der Waals surface area contributed by atoms with E-state index in [4.69, 9.17) is 5.73 Å². The number of rotatable bonds is 3. The van der Waals surface area contributed by atoms with Gasteiger partial charge in [-0.2, -0.15) is 0 Å². The van der Waals surface area contributed by atoms with Crippen LogP contribution in [0.4, 0.5) is 5.69 Å². The van der Waals surface area contributed by atoms with Crippen LogP contribution in [-0.4, -0.2) is 6.04 Å². The normalized spacial score (nSPS) is 24.4. The molecule has 0 amide bonds. The van der Waals surface area contributed by atoms with Crippen molar-refractivity contribution in [3.63, 3.8) is 0 Å². The van der Waals surface area contributed by atoms with Crippen LogP contribution in [0.3, 0.4) is 0 Å². The highest BCUT2D eigenvalue weighted by atomic mass is 14.9. The zero-order valence-corrected chi connectivity index (χ0v) is 12.6. The van der Waals surface area contributed by atoms with Gasteiger partial charge in [0.15, 0.2) is 0 Å². The summed E-state index contributed by atoms with van der Waals surface area (Å²) in [6.07, 6.45) is 5.39. The molecule has 1 fully saturated rings. The standard InChI is InChI=1S/C17H28N2/c1-17(2,3)14-9-5-7-11-16(14)19-12-13-8-4-6-10-15(13)18/h4,6,8,10,14,16,19H,5,7,9,11-12,18H2,1-3H3. The molecule has 0 spiro atoms. The predicted molar refractivity (Wildman–Crippen MR) is 82.9 cm³/mol. The summed E-state index contributed by atoms with van der Waals surface area (Å²) in [7, 11) is 0. The maximum absolute atomic E-state index is 6.02. The lowest BCUT2D eigenvalue weighted by Gasteiger charge is -2.41. The lowest BCUT2D eigenvalue weighted by Crippen LogP contribution is -2.44. The van der Waals surface area contributed by atoms with Gasteiger partial charge in [-0.15, -0.1) is 0 Å². The number of nitrogens with one attached hydrogen (secondary N) is 1. The molecule has 19 heavy (non-hydrogen) atoms. The lowest BCUT2D eigenvalue weighted by molar-refractivity contribution is 0.130. The summed E-state index contributed by atoms with van der Waals surface area (Å²) in [5.41, 5.74) is 8.53. The number of benzene rings is 1. The van der Waals surface area contributed by atoms with Gasteiger partial charge in [-0.3, -0.25) is 0 Å². The molecule has 0 aliphatic heterocycles. The Labute approximate surface area is 117 Å². The molecule has 0 radical (unpaired) electrons. The Morgan fingerprint density at radius 3 is 2.53 bits per heavy atom. The molecule has 1 aliphatic rings. The Hall–Kier alpha value is -1.02. The predicted octanol–water partition coefficient (Wildman–Crippen LogP) is 3.96. The van der Waals surface area contributed by atoms with E-state index in [9.17, 15) is 0 Å². The molecule has 2 unspecified atom stereocenters. The summed E-state index contributed by atoms with van der Waals surface area (Å²) in [6, 6.07) is 8.80. The summed E-state index contributed by atoms with van der Waals surface area (Å²) in [6.45, 7) is 8.00. The average molecular weight is 260 g/mol.